The summed E-state index contributed by atoms with van der Waals surface area (Å²) in [5.41, 5.74) is 0. The van der Waals surface area contributed by atoms with Gasteiger partial charge in [-0.2, -0.15) is 0 Å². The first-order valence-corrected chi connectivity index (χ1v) is 7.37. The number of amides is 1. The molecule has 1 amide bonds. The monoisotopic (exact) mass is 350 g/mol. The van der Waals surface area contributed by atoms with Crippen molar-refractivity contribution in [3.63, 3.8) is 0 Å². The zero-order valence-electron chi connectivity index (χ0n) is 12.7. The van der Waals surface area contributed by atoms with E-state index in [1.165, 1.54) is 0 Å². The van der Waals surface area contributed by atoms with Gasteiger partial charge in [0.05, 0.1) is 19.0 Å². The molecule has 1 aromatic rings. The van der Waals surface area contributed by atoms with Crippen molar-refractivity contribution in [1.29, 1.82) is 0 Å². The summed E-state index contributed by atoms with van der Waals surface area (Å²) in [7, 11) is 0. The Bertz CT molecular complexity index is 450. The number of imidazole rings is 1. The number of piperidine rings is 1. The molecule has 0 spiro atoms. The highest BCUT2D eigenvalue weighted by molar-refractivity contribution is 5.85. The Labute approximate surface area is 143 Å². The topological polar surface area (TPSA) is 59.4 Å². The minimum Gasteiger partial charge on any atom is -0.375 e. The average Bonchev–Trinajstić information content (AvgIpc) is 3.01. The van der Waals surface area contributed by atoms with E-state index in [0.29, 0.717) is 12.6 Å². The Morgan fingerprint density at radius 1 is 1.32 bits per heavy atom. The van der Waals surface area contributed by atoms with Crippen LogP contribution in [0.3, 0.4) is 0 Å². The molecule has 3 heterocycles. The van der Waals surface area contributed by atoms with Crippen LogP contribution in [-0.4, -0.2) is 58.7 Å². The summed E-state index contributed by atoms with van der Waals surface area (Å²) in [6.45, 7) is 5.03. The second-order valence-electron chi connectivity index (χ2n) is 5.57. The van der Waals surface area contributed by atoms with Crippen LogP contribution in [0, 0.1) is 0 Å². The minimum atomic E-state index is -0.187. The van der Waals surface area contributed by atoms with Crippen molar-refractivity contribution in [2.75, 3.05) is 26.2 Å². The molecule has 0 aromatic carbocycles. The Hall–Kier alpha value is -0.820. The normalized spacial score (nSPS) is 26.0. The molecule has 2 saturated heterocycles. The number of likely N-dealkylation sites (tertiary alicyclic amines) is 1. The van der Waals surface area contributed by atoms with Crippen LogP contribution in [0.4, 0.5) is 0 Å². The maximum Gasteiger partial charge on any atom is 0.242 e. The van der Waals surface area contributed by atoms with Crippen molar-refractivity contribution >= 4 is 30.7 Å². The molecule has 8 heteroatoms. The van der Waals surface area contributed by atoms with Gasteiger partial charge in [-0.25, -0.2) is 4.98 Å². The third-order valence-corrected chi connectivity index (χ3v) is 4.31. The number of hydrogen-bond acceptors (Lipinski definition) is 4. The van der Waals surface area contributed by atoms with E-state index >= 15 is 0 Å². The zero-order chi connectivity index (χ0) is 13.9. The number of ether oxygens (including phenoxy) is 1. The van der Waals surface area contributed by atoms with Crippen LogP contribution in [0.25, 0.3) is 0 Å². The van der Waals surface area contributed by atoms with Crippen LogP contribution in [0.5, 0.6) is 0 Å². The minimum absolute atomic E-state index is 0. The molecule has 6 nitrogen and oxygen atoms in total. The van der Waals surface area contributed by atoms with Gasteiger partial charge in [-0.15, -0.1) is 24.8 Å². The summed E-state index contributed by atoms with van der Waals surface area (Å²) >= 11 is 0. The Morgan fingerprint density at radius 3 is 2.64 bits per heavy atom. The first-order valence-electron chi connectivity index (χ1n) is 7.37. The molecular weight excluding hydrogens is 327 g/mol. The molecule has 2 atom stereocenters. The molecule has 1 aromatic heterocycles. The zero-order valence-corrected chi connectivity index (χ0v) is 14.3. The summed E-state index contributed by atoms with van der Waals surface area (Å²) in [6, 6.07) is 0.281. The lowest BCUT2D eigenvalue weighted by Gasteiger charge is -2.37. The van der Waals surface area contributed by atoms with Gasteiger partial charge in [-0.05, 0) is 19.8 Å². The predicted molar refractivity (Wildman–Crippen MR) is 88.8 cm³/mol. The highest BCUT2D eigenvalue weighted by Gasteiger charge is 2.33. The lowest BCUT2D eigenvalue weighted by Crippen LogP contribution is -2.57. The van der Waals surface area contributed by atoms with E-state index in [2.05, 4.69) is 14.9 Å². The van der Waals surface area contributed by atoms with Crippen LogP contribution in [0.2, 0.25) is 0 Å². The van der Waals surface area contributed by atoms with Gasteiger partial charge in [0.1, 0.15) is 6.04 Å². The van der Waals surface area contributed by atoms with Crippen molar-refractivity contribution in [1.82, 2.24) is 19.8 Å². The number of aromatic nitrogens is 2. The summed E-state index contributed by atoms with van der Waals surface area (Å²) < 4.78 is 7.71. The highest BCUT2D eigenvalue weighted by atomic mass is 35.5. The van der Waals surface area contributed by atoms with E-state index in [1.54, 1.807) is 0 Å². The van der Waals surface area contributed by atoms with E-state index in [4.69, 9.17) is 4.74 Å². The molecule has 0 bridgehead atoms. The molecule has 3 rings (SSSR count). The van der Waals surface area contributed by atoms with Crippen molar-refractivity contribution in [2.45, 2.75) is 38.0 Å². The largest absolute Gasteiger partial charge is 0.375 e. The Kier molecular flexibility index (Phi) is 7.62. The van der Waals surface area contributed by atoms with Gasteiger partial charge in [0.2, 0.25) is 5.91 Å². The molecule has 2 aliphatic rings. The molecule has 0 aliphatic carbocycles. The van der Waals surface area contributed by atoms with Crippen LogP contribution in [-0.2, 0) is 9.53 Å². The fourth-order valence-electron chi connectivity index (χ4n) is 3.08. The van der Waals surface area contributed by atoms with Gasteiger partial charge in [-0.1, -0.05) is 0 Å². The molecule has 2 aliphatic heterocycles. The molecule has 1 N–H and O–H groups in total. The van der Waals surface area contributed by atoms with Crippen molar-refractivity contribution < 1.29 is 9.53 Å². The summed E-state index contributed by atoms with van der Waals surface area (Å²) in [5.74, 6) is 0.182. The number of rotatable bonds is 2. The molecular formula is C14H24Cl2N4O2. The van der Waals surface area contributed by atoms with Gasteiger partial charge in [0.15, 0.2) is 0 Å². The predicted octanol–water partition coefficient (Wildman–Crippen LogP) is 1.27. The number of nitrogens with one attached hydrogen (secondary N) is 1. The first kappa shape index (κ1) is 19.2. The number of carbonyl (C=O) groups excluding carboxylic acids is 1. The van der Waals surface area contributed by atoms with E-state index in [-0.39, 0.29) is 42.9 Å². The number of halogens is 2. The van der Waals surface area contributed by atoms with Crippen LogP contribution < -0.4 is 5.32 Å². The average molecular weight is 351 g/mol. The Morgan fingerprint density at radius 2 is 2.05 bits per heavy atom. The van der Waals surface area contributed by atoms with Gasteiger partial charge >= 0.3 is 0 Å². The third-order valence-electron chi connectivity index (χ3n) is 4.31. The Balaban J connectivity index is 0.00000121. The van der Waals surface area contributed by atoms with Gasteiger partial charge in [-0.3, -0.25) is 4.79 Å². The van der Waals surface area contributed by atoms with Crippen LogP contribution in [0.1, 0.15) is 25.8 Å². The first-order chi connectivity index (χ1) is 9.75. The number of hydrogen-bond donors (Lipinski definition) is 1. The van der Waals surface area contributed by atoms with E-state index in [1.807, 2.05) is 30.5 Å². The fraction of sp³-hybridized carbons (Fsp3) is 0.714. The maximum atomic E-state index is 12.5. The van der Waals surface area contributed by atoms with Gasteiger partial charge in [0.25, 0.3) is 0 Å². The molecule has 22 heavy (non-hydrogen) atoms. The maximum absolute atomic E-state index is 12.5. The third kappa shape index (κ3) is 4.13. The lowest BCUT2D eigenvalue weighted by atomic mass is 10.0. The molecule has 2 fully saturated rings. The van der Waals surface area contributed by atoms with Crippen molar-refractivity contribution in [3.8, 4) is 0 Å². The van der Waals surface area contributed by atoms with Crippen molar-refractivity contribution in [3.05, 3.63) is 18.7 Å². The van der Waals surface area contributed by atoms with Crippen LogP contribution in [0.15, 0.2) is 18.7 Å². The number of nitrogens with zero attached hydrogens (tertiary/aromatic N) is 3. The standard InChI is InChI=1S/C14H22N4O2.2ClH/c1-11-13(16-5-9-20-11)14(19)17-6-2-12(3-7-17)18-8-4-15-10-18;;/h4,8,10-13,16H,2-3,5-7,9H2,1H3;2*1H/t11-,13+;;/m1../s1. The summed E-state index contributed by atoms with van der Waals surface area (Å²) in [5, 5.41) is 3.27. The summed E-state index contributed by atoms with van der Waals surface area (Å²) in [6.07, 6.45) is 7.61. The summed E-state index contributed by atoms with van der Waals surface area (Å²) in [4.78, 5) is 18.6. The van der Waals surface area contributed by atoms with Crippen LogP contribution >= 0.6 is 24.8 Å². The highest BCUT2D eigenvalue weighted by Crippen LogP contribution is 2.23. The molecule has 0 unspecified atom stereocenters. The van der Waals surface area contributed by atoms with Crippen molar-refractivity contribution in [2.24, 2.45) is 0 Å². The number of morpholine rings is 1. The lowest BCUT2D eigenvalue weighted by molar-refractivity contribution is -0.140. The van der Waals surface area contributed by atoms with E-state index < -0.39 is 0 Å². The molecule has 126 valence electrons. The smallest absolute Gasteiger partial charge is 0.242 e. The molecule has 0 saturated carbocycles. The molecule has 0 radical (unpaired) electrons. The van der Waals surface area contributed by atoms with E-state index in [0.717, 1.165) is 32.5 Å². The second-order valence-corrected chi connectivity index (χ2v) is 5.57. The quantitative estimate of drug-likeness (QED) is 0.872. The van der Waals surface area contributed by atoms with Gasteiger partial charge < -0.3 is 19.5 Å². The second kappa shape index (κ2) is 8.72. The van der Waals surface area contributed by atoms with Gasteiger partial charge in [0, 0.05) is 38.1 Å². The SMILES string of the molecule is C[C@H]1OCCN[C@@H]1C(=O)N1CCC(n2ccnc2)CC1.Cl.Cl. The fourth-order valence-corrected chi connectivity index (χ4v) is 3.08. The number of carbonyl (C=O) groups is 1. The van der Waals surface area contributed by atoms with E-state index in [9.17, 15) is 4.79 Å².